The molecule has 0 aliphatic rings. The highest BCUT2D eigenvalue weighted by Crippen LogP contribution is 2.16. The van der Waals surface area contributed by atoms with Crippen molar-refractivity contribution in [2.75, 3.05) is 6.54 Å². The van der Waals surface area contributed by atoms with Crippen LogP contribution in [-0.2, 0) is 0 Å². The summed E-state index contributed by atoms with van der Waals surface area (Å²) in [4.78, 5) is 0. The van der Waals surface area contributed by atoms with Gasteiger partial charge in [0.1, 0.15) is 5.82 Å². The van der Waals surface area contributed by atoms with E-state index in [1.165, 1.54) is 19.3 Å². The molecule has 0 spiro atoms. The number of rotatable bonds is 7. The summed E-state index contributed by atoms with van der Waals surface area (Å²) in [7, 11) is 0. The fourth-order valence-corrected chi connectivity index (χ4v) is 1.99. The Balaban J connectivity index is 2.31. The van der Waals surface area contributed by atoms with Crippen LogP contribution in [0.15, 0.2) is 18.2 Å². The number of nitrogens with one attached hydrogen (secondary N) is 1. The first-order valence-electron chi connectivity index (χ1n) is 7.00. The lowest BCUT2D eigenvalue weighted by Gasteiger charge is -2.15. The molecule has 0 saturated heterocycles. The van der Waals surface area contributed by atoms with Gasteiger partial charge in [0, 0.05) is 6.04 Å². The van der Waals surface area contributed by atoms with Gasteiger partial charge >= 0.3 is 0 Å². The minimum atomic E-state index is -0.110. The molecule has 102 valence electrons. The third kappa shape index (κ3) is 5.18. The third-order valence-electron chi connectivity index (χ3n) is 3.35. The molecule has 1 nitrogen and oxygen atoms in total. The second kappa shape index (κ2) is 7.52. The van der Waals surface area contributed by atoms with Gasteiger partial charge in [0.15, 0.2) is 0 Å². The molecule has 0 bridgehead atoms. The molecule has 2 heteroatoms. The molecule has 0 fully saturated rings. The maximum atomic E-state index is 13.4. The predicted octanol–water partition coefficient (Wildman–Crippen LogP) is 4.61. The van der Waals surface area contributed by atoms with Gasteiger partial charge in [-0.2, -0.15) is 0 Å². The zero-order valence-corrected chi connectivity index (χ0v) is 12.1. The van der Waals surface area contributed by atoms with Crippen molar-refractivity contribution < 1.29 is 4.39 Å². The summed E-state index contributed by atoms with van der Waals surface area (Å²) >= 11 is 0. The van der Waals surface area contributed by atoms with Gasteiger partial charge in [-0.05, 0) is 49.9 Å². The number of unbranched alkanes of at least 4 members (excludes halogenated alkanes) is 1. The smallest absolute Gasteiger partial charge is 0.126 e. The molecule has 1 N–H and O–H groups in total. The van der Waals surface area contributed by atoms with Gasteiger partial charge in [0.2, 0.25) is 0 Å². The second-order valence-corrected chi connectivity index (χ2v) is 5.57. The minimum absolute atomic E-state index is 0.110. The summed E-state index contributed by atoms with van der Waals surface area (Å²) in [6.07, 6.45) is 3.74. The number of benzene rings is 1. The number of halogens is 1. The average molecular weight is 251 g/mol. The molecule has 18 heavy (non-hydrogen) atoms. The highest BCUT2D eigenvalue weighted by molar-refractivity contribution is 5.25. The molecule has 1 unspecified atom stereocenters. The monoisotopic (exact) mass is 251 g/mol. The molecule has 0 aromatic heterocycles. The molecule has 0 radical (unpaired) electrons. The van der Waals surface area contributed by atoms with Crippen LogP contribution in [-0.4, -0.2) is 6.54 Å². The lowest BCUT2D eigenvalue weighted by atomic mass is 10.0. The highest BCUT2D eigenvalue weighted by Gasteiger charge is 2.06. The largest absolute Gasteiger partial charge is 0.310 e. The van der Waals surface area contributed by atoms with E-state index in [0.717, 1.165) is 18.0 Å². The molecule has 1 aromatic carbocycles. The SMILES string of the molecule is Cc1ccc(C(C)NCCCCC(C)C)cc1F. The first kappa shape index (κ1) is 15.2. The van der Waals surface area contributed by atoms with E-state index >= 15 is 0 Å². The Morgan fingerprint density at radius 3 is 2.50 bits per heavy atom. The summed E-state index contributed by atoms with van der Waals surface area (Å²) in [6.45, 7) is 9.40. The number of hydrogen-bond donors (Lipinski definition) is 1. The average Bonchev–Trinajstić information content (AvgIpc) is 2.31. The van der Waals surface area contributed by atoms with Crippen molar-refractivity contribution in [1.82, 2.24) is 5.32 Å². The molecule has 1 atom stereocenters. The molecule has 1 rings (SSSR count). The Morgan fingerprint density at radius 1 is 1.17 bits per heavy atom. The summed E-state index contributed by atoms with van der Waals surface area (Å²) in [5, 5.41) is 3.45. The van der Waals surface area contributed by atoms with Crippen molar-refractivity contribution in [3.8, 4) is 0 Å². The fourth-order valence-electron chi connectivity index (χ4n) is 1.99. The van der Waals surface area contributed by atoms with E-state index in [-0.39, 0.29) is 11.9 Å². The second-order valence-electron chi connectivity index (χ2n) is 5.57. The molecule has 0 amide bonds. The van der Waals surface area contributed by atoms with Crippen LogP contribution in [0.1, 0.15) is 57.2 Å². The quantitative estimate of drug-likeness (QED) is 0.698. The Hall–Kier alpha value is -0.890. The zero-order chi connectivity index (χ0) is 13.5. The van der Waals surface area contributed by atoms with Gasteiger partial charge in [-0.15, -0.1) is 0 Å². The van der Waals surface area contributed by atoms with E-state index < -0.39 is 0 Å². The van der Waals surface area contributed by atoms with E-state index in [4.69, 9.17) is 0 Å². The molecular weight excluding hydrogens is 225 g/mol. The summed E-state index contributed by atoms with van der Waals surface area (Å²) in [5.41, 5.74) is 1.74. The van der Waals surface area contributed by atoms with Crippen LogP contribution in [0.2, 0.25) is 0 Å². The van der Waals surface area contributed by atoms with Gasteiger partial charge in [0.05, 0.1) is 0 Å². The summed E-state index contributed by atoms with van der Waals surface area (Å²) < 4.78 is 13.4. The molecule has 0 aliphatic carbocycles. The van der Waals surface area contributed by atoms with Crippen LogP contribution in [0.3, 0.4) is 0 Å². The summed E-state index contributed by atoms with van der Waals surface area (Å²) in [6, 6.07) is 5.71. The third-order valence-corrected chi connectivity index (χ3v) is 3.35. The maximum absolute atomic E-state index is 13.4. The molecule has 1 aromatic rings. The Morgan fingerprint density at radius 2 is 1.89 bits per heavy atom. The standard InChI is InChI=1S/C16H26FN/c1-12(2)7-5-6-10-18-14(4)15-9-8-13(3)16(17)11-15/h8-9,11-12,14,18H,5-7,10H2,1-4H3. The number of aryl methyl sites for hydroxylation is 1. The maximum Gasteiger partial charge on any atom is 0.126 e. The van der Waals surface area contributed by atoms with Crippen LogP contribution >= 0.6 is 0 Å². The van der Waals surface area contributed by atoms with E-state index in [9.17, 15) is 4.39 Å². The Bertz CT molecular complexity index is 360. The normalized spacial score (nSPS) is 13.0. The van der Waals surface area contributed by atoms with Gasteiger partial charge < -0.3 is 5.32 Å². The molecule has 0 aliphatic heterocycles. The minimum Gasteiger partial charge on any atom is -0.310 e. The van der Waals surface area contributed by atoms with E-state index in [2.05, 4.69) is 26.1 Å². The van der Waals surface area contributed by atoms with E-state index in [0.29, 0.717) is 5.56 Å². The Labute approximate surface area is 111 Å². The Kier molecular flexibility index (Phi) is 6.34. The summed E-state index contributed by atoms with van der Waals surface area (Å²) in [5.74, 6) is 0.676. The fraction of sp³-hybridized carbons (Fsp3) is 0.625. The first-order valence-corrected chi connectivity index (χ1v) is 7.00. The first-order chi connectivity index (χ1) is 8.50. The van der Waals surface area contributed by atoms with Crippen LogP contribution in [0.4, 0.5) is 4.39 Å². The zero-order valence-electron chi connectivity index (χ0n) is 12.1. The van der Waals surface area contributed by atoms with Crippen LogP contribution < -0.4 is 5.32 Å². The topological polar surface area (TPSA) is 12.0 Å². The van der Waals surface area contributed by atoms with E-state index in [1.54, 1.807) is 13.0 Å². The molecular formula is C16H26FN. The van der Waals surface area contributed by atoms with Crippen molar-refractivity contribution >= 4 is 0 Å². The van der Waals surface area contributed by atoms with Crippen molar-refractivity contribution in [2.45, 2.75) is 53.0 Å². The van der Waals surface area contributed by atoms with Crippen LogP contribution in [0.5, 0.6) is 0 Å². The van der Waals surface area contributed by atoms with E-state index in [1.807, 2.05) is 12.1 Å². The number of hydrogen-bond acceptors (Lipinski definition) is 1. The highest BCUT2D eigenvalue weighted by atomic mass is 19.1. The van der Waals surface area contributed by atoms with Gasteiger partial charge in [-0.1, -0.05) is 38.8 Å². The predicted molar refractivity (Wildman–Crippen MR) is 76.2 cm³/mol. The van der Waals surface area contributed by atoms with Gasteiger partial charge in [-0.3, -0.25) is 0 Å². The lowest BCUT2D eigenvalue weighted by Crippen LogP contribution is -2.20. The molecule has 0 saturated carbocycles. The van der Waals surface area contributed by atoms with Crippen molar-refractivity contribution in [2.24, 2.45) is 5.92 Å². The van der Waals surface area contributed by atoms with Gasteiger partial charge in [0.25, 0.3) is 0 Å². The van der Waals surface area contributed by atoms with Crippen molar-refractivity contribution in [3.63, 3.8) is 0 Å². The van der Waals surface area contributed by atoms with Crippen LogP contribution in [0, 0.1) is 18.7 Å². The van der Waals surface area contributed by atoms with Crippen molar-refractivity contribution in [1.29, 1.82) is 0 Å². The van der Waals surface area contributed by atoms with Gasteiger partial charge in [-0.25, -0.2) is 4.39 Å². The lowest BCUT2D eigenvalue weighted by molar-refractivity contribution is 0.496. The molecule has 0 heterocycles. The van der Waals surface area contributed by atoms with Crippen LogP contribution in [0.25, 0.3) is 0 Å². The van der Waals surface area contributed by atoms with Crippen molar-refractivity contribution in [3.05, 3.63) is 35.1 Å².